The topological polar surface area (TPSA) is 50.4 Å². The van der Waals surface area contributed by atoms with Gasteiger partial charge in [0.05, 0.1) is 0 Å². The van der Waals surface area contributed by atoms with Crippen LogP contribution in [0.1, 0.15) is 27.2 Å². The van der Waals surface area contributed by atoms with Gasteiger partial charge in [-0.1, -0.05) is 20.8 Å². The highest BCUT2D eigenvalue weighted by Gasteiger charge is 1.99. The van der Waals surface area contributed by atoms with Gasteiger partial charge in [0.1, 0.15) is 0 Å². The minimum Gasteiger partial charge on any atom is -0.354 e. The fraction of sp³-hybridized carbons (Fsp3) is 0.875. The summed E-state index contributed by atoms with van der Waals surface area (Å²) in [5.41, 5.74) is 2.58. The average Bonchev–Trinajstić information content (AvgIpc) is 2.00. The molecular formula is C8H18N2O2. The normalized spacial score (nSPS) is 10.0. The zero-order chi connectivity index (χ0) is 9.40. The quantitative estimate of drug-likeness (QED) is 0.617. The lowest BCUT2D eigenvalue weighted by Gasteiger charge is -2.07. The first-order valence-corrected chi connectivity index (χ1v) is 4.34. The van der Waals surface area contributed by atoms with E-state index in [4.69, 9.17) is 0 Å². The summed E-state index contributed by atoms with van der Waals surface area (Å²) in [5.74, 6) is 0.476. The van der Waals surface area contributed by atoms with Gasteiger partial charge in [-0.25, -0.2) is 4.79 Å². The van der Waals surface area contributed by atoms with Crippen molar-refractivity contribution in [3.63, 3.8) is 0 Å². The summed E-state index contributed by atoms with van der Waals surface area (Å²) < 4.78 is 0. The van der Waals surface area contributed by atoms with E-state index in [0.29, 0.717) is 19.0 Å². The molecular weight excluding hydrogens is 156 g/mol. The molecule has 0 aromatic carbocycles. The minimum absolute atomic E-state index is 0.405. The number of carbonyl (C=O) groups excluding carboxylic acids is 1. The highest BCUT2D eigenvalue weighted by molar-refractivity contribution is 5.66. The number of hydrogen-bond donors (Lipinski definition) is 2. The van der Waals surface area contributed by atoms with E-state index in [1.54, 1.807) is 0 Å². The summed E-state index contributed by atoms with van der Waals surface area (Å²) in [6.07, 6.45) is 0.511. The summed E-state index contributed by atoms with van der Waals surface area (Å²) in [4.78, 5) is 15.4. The van der Waals surface area contributed by atoms with Crippen molar-refractivity contribution in [3.05, 3.63) is 0 Å². The molecule has 0 aromatic rings. The van der Waals surface area contributed by atoms with Gasteiger partial charge < -0.3 is 10.2 Å². The van der Waals surface area contributed by atoms with Gasteiger partial charge in [0.25, 0.3) is 0 Å². The van der Waals surface area contributed by atoms with E-state index >= 15 is 0 Å². The van der Waals surface area contributed by atoms with Crippen LogP contribution in [0.3, 0.4) is 0 Å². The van der Waals surface area contributed by atoms with Gasteiger partial charge >= 0.3 is 6.09 Å². The fourth-order valence-electron chi connectivity index (χ4n) is 0.537. The maximum Gasteiger partial charge on any atom is 0.426 e. The first kappa shape index (κ1) is 11.2. The van der Waals surface area contributed by atoms with Crippen LogP contribution in [0.25, 0.3) is 0 Å². The molecule has 0 atom stereocenters. The molecule has 0 spiro atoms. The molecule has 0 radical (unpaired) electrons. The lowest BCUT2D eigenvalue weighted by atomic mass is 10.2. The van der Waals surface area contributed by atoms with Crippen molar-refractivity contribution < 1.29 is 9.63 Å². The Kier molecular flexibility index (Phi) is 6.47. The third-order valence-electron chi connectivity index (χ3n) is 1.18. The molecule has 0 aliphatic rings. The van der Waals surface area contributed by atoms with Crippen molar-refractivity contribution in [2.45, 2.75) is 27.2 Å². The van der Waals surface area contributed by atoms with Crippen LogP contribution in [0.15, 0.2) is 0 Å². The number of nitrogens with one attached hydrogen (secondary N) is 2. The Morgan fingerprint density at radius 2 is 2.17 bits per heavy atom. The predicted octanol–water partition coefficient (Wildman–Crippen LogP) is 1.28. The molecule has 0 aromatic heterocycles. The maximum atomic E-state index is 10.8. The van der Waals surface area contributed by atoms with Crippen molar-refractivity contribution >= 4 is 6.09 Å². The third kappa shape index (κ3) is 7.34. The smallest absolute Gasteiger partial charge is 0.354 e. The molecule has 72 valence electrons. The molecule has 0 fully saturated rings. The van der Waals surface area contributed by atoms with E-state index in [1.807, 2.05) is 20.8 Å². The molecule has 0 aliphatic carbocycles. The van der Waals surface area contributed by atoms with Crippen LogP contribution >= 0.6 is 0 Å². The number of rotatable bonds is 5. The fourth-order valence-corrected chi connectivity index (χ4v) is 0.537. The van der Waals surface area contributed by atoms with E-state index in [0.717, 1.165) is 6.42 Å². The van der Waals surface area contributed by atoms with Crippen LogP contribution in [0.2, 0.25) is 0 Å². The molecule has 0 heterocycles. The highest BCUT2D eigenvalue weighted by Crippen LogP contribution is 1.86. The Morgan fingerprint density at radius 1 is 1.50 bits per heavy atom. The number of carbonyl (C=O) groups is 1. The second kappa shape index (κ2) is 6.91. The van der Waals surface area contributed by atoms with E-state index in [1.165, 1.54) is 0 Å². The molecule has 4 heteroatoms. The van der Waals surface area contributed by atoms with Crippen molar-refractivity contribution in [1.82, 2.24) is 10.8 Å². The molecule has 12 heavy (non-hydrogen) atoms. The van der Waals surface area contributed by atoms with E-state index in [2.05, 4.69) is 15.6 Å². The maximum absolute atomic E-state index is 10.8. The monoisotopic (exact) mass is 174 g/mol. The largest absolute Gasteiger partial charge is 0.426 e. The standard InChI is InChI=1S/C8H18N2O2/c1-4-5-9-8(11)12-10-6-7(2)3/h7,10H,4-6H2,1-3H3,(H,9,11). The van der Waals surface area contributed by atoms with Gasteiger partial charge in [0, 0.05) is 13.1 Å². The summed E-state index contributed by atoms with van der Waals surface area (Å²) in [5, 5.41) is 2.58. The SMILES string of the molecule is CCCNC(=O)ONCC(C)C. The first-order valence-electron chi connectivity index (χ1n) is 4.34. The Balaban J connectivity index is 3.20. The van der Waals surface area contributed by atoms with Crippen LogP contribution in [-0.4, -0.2) is 19.2 Å². The van der Waals surface area contributed by atoms with E-state index < -0.39 is 6.09 Å². The Morgan fingerprint density at radius 3 is 2.67 bits per heavy atom. The Bertz CT molecular complexity index is 126. The zero-order valence-corrected chi connectivity index (χ0v) is 8.02. The van der Waals surface area contributed by atoms with Crippen LogP contribution in [0.4, 0.5) is 4.79 Å². The summed E-state index contributed by atoms with van der Waals surface area (Å²) >= 11 is 0. The van der Waals surface area contributed by atoms with Crippen LogP contribution in [0, 0.1) is 5.92 Å². The van der Waals surface area contributed by atoms with Crippen molar-refractivity contribution in [2.75, 3.05) is 13.1 Å². The molecule has 0 saturated heterocycles. The minimum atomic E-state index is -0.405. The van der Waals surface area contributed by atoms with Gasteiger partial charge in [0.15, 0.2) is 0 Å². The number of hydrogen-bond acceptors (Lipinski definition) is 3. The van der Waals surface area contributed by atoms with Crippen molar-refractivity contribution in [1.29, 1.82) is 0 Å². The molecule has 0 unspecified atom stereocenters. The summed E-state index contributed by atoms with van der Waals surface area (Å²) in [6, 6.07) is 0. The van der Waals surface area contributed by atoms with Crippen molar-refractivity contribution in [2.24, 2.45) is 5.92 Å². The zero-order valence-electron chi connectivity index (χ0n) is 8.02. The molecule has 0 bridgehead atoms. The number of hydroxylamine groups is 1. The molecule has 0 saturated carbocycles. The van der Waals surface area contributed by atoms with Gasteiger partial charge in [-0.3, -0.25) is 0 Å². The van der Waals surface area contributed by atoms with Gasteiger partial charge in [0.2, 0.25) is 0 Å². The van der Waals surface area contributed by atoms with Gasteiger partial charge in [-0.05, 0) is 12.3 Å². The van der Waals surface area contributed by atoms with E-state index in [-0.39, 0.29) is 0 Å². The van der Waals surface area contributed by atoms with Crippen LogP contribution in [-0.2, 0) is 4.84 Å². The second-order valence-corrected chi connectivity index (χ2v) is 3.06. The number of amides is 1. The summed E-state index contributed by atoms with van der Waals surface area (Å²) in [7, 11) is 0. The Labute approximate surface area is 73.6 Å². The van der Waals surface area contributed by atoms with E-state index in [9.17, 15) is 4.79 Å². The molecule has 0 rings (SSSR count). The lowest BCUT2D eigenvalue weighted by Crippen LogP contribution is -2.32. The van der Waals surface area contributed by atoms with Crippen LogP contribution < -0.4 is 10.8 Å². The Hall–Kier alpha value is -0.770. The van der Waals surface area contributed by atoms with Crippen molar-refractivity contribution in [3.8, 4) is 0 Å². The first-order chi connectivity index (χ1) is 5.66. The molecule has 1 amide bonds. The average molecular weight is 174 g/mol. The second-order valence-electron chi connectivity index (χ2n) is 3.06. The molecule has 2 N–H and O–H groups in total. The lowest BCUT2D eigenvalue weighted by molar-refractivity contribution is 0.0844. The predicted molar refractivity (Wildman–Crippen MR) is 47.6 cm³/mol. The summed E-state index contributed by atoms with van der Waals surface area (Å²) in [6.45, 7) is 7.41. The molecule has 4 nitrogen and oxygen atoms in total. The van der Waals surface area contributed by atoms with Crippen LogP contribution in [0.5, 0.6) is 0 Å². The van der Waals surface area contributed by atoms with Gasteiger partial charge in [-0.15, -0.1) is 0 Å². The third-order valence-corrected chi connectivity index (χ3v) is 1.18. The van der Waals surface area contributed by atoms with Gasteiger partial charge in [-0.2, -0.15) is 5.48 Å². The highest BCUT2D eigenvalue weighted by atomic mass is 16.7. The molecule has 0 aliphatic heterocycles.